The molecule has 5 nitrogen and oxygen atoms in total. The number of nitrogens with one attached hydrogen (secondary N) is 1. The molecule has 2 rings (SSSR count). The number of rotatable bonds is 3. The number of anilines is 1. The van der Waals surface area contributed by atoms with Gasteiger partial charge in [-0.15, -0.1) is 3.89 Å². The molecule has 0 amide bonds. The van der Waals surface area contributed by atoms with E-state index in [0.29, 0.717) is 12.1 Å². The Balaban J connectivity index is 2.20. The van der Waals surface area contributed by atoms with Crippen LogP contribution in [0.1, 0.15) is 5.56 Å². The van der Waals surface area contributed by atoms with Crippen molar-refractivity contribution < 1.29 is 12.3 Å². The van der Waals surface area contributed by atoms with Crippen molar-refractivity contribution in [1.29, 1.82) is 0 Å². The largest absolute Gasteiger partial charge is 0.399 e. The summed E-state index contributed by atoms with van der Waals surface area (Å²) in [5.74, 6) is 0. The van der Waals surface area contributed by atoms with Gasteiger partial charge in [0, 0.05) is 38.4 Å². The second-order valence-corrected chi connectivity index (χ2v) is 5.72. The summed E-state index contributed by atoms with van der Waals surface area (Å²) in [6.07, 6.45) is 0. The minimum absolute atomic E-state index is 0.263. The number of halogens is 1. The minimum Gasteiger partial charge on any atom is -0.399 e. The van der Waals surface area contributed by atoms with Crippen LogP contribution >= 0.6 is 0 Å². The average Bonchev–Trinajstić information content (AvgIpc) is 2.28. The Kier molecular flexibility index (Phi) is 3.84. The molecule has 1 aromatic carbocycles. The molecule has 0 radical (unpaired) electrons. The maximum Gasteiger partial charge on any atom is 0.332 e. The number of benzene rings is 1. The van der Waals surface area contributed by atoms with Crippen LogP contribution in [0.25, 0.3) is 0 Å². The van der Waals surface area contributed by atoms with Crippen LogP contribution in [0.5, 0.6) is 0 Å². The zero-order chi connectivity index (χ0) is 13.2. The molecule has 0 bridgehead atoms. The lowest BCUT2D eigenvalue weighted by Crippen LogP contribution is -2.42. The van der Waals surface area contributed by atoms with Gasteiger partial charge in [0.05, 0.1) is 0 Å². The molecule has 0 unspecified atom stereocenters. The number of nitrogens with zero attached hydrogens (tertiary/aromatic N) is 1. The number of nitrogens with two attached hydrogens (primary N) is 1. The molecule has 3 N–H and O–H groups in total. The zero-order valence-corrected chi connectivity index (χ0v) is 10.7. The van der Waals surface area contributed by atoms with E-state index in [1.165, 1.54) is 6.07 Å². The molecular weight excluding hydrogens is 257 g/mol. The lowest BCUT2D eigenvalue weighted by Gasteiger charge is -2.27. The Morgan fingerprint density at radius 1 is 1.28 bits per heavy atom. The first-order valence-corrected chi connectivity index (χ1v) is 7.11. The third kappa shape index (κ3) is 3.41. The zero-order valence-electron chi connectivity index (χ0n) is 9.89. The summed E-state index contributed by atoms with van der Waals surface area (Å²) in [5.41, 5.74) is 6.58. The minimum atomic E-state index is -4.70. The summed E-state index contributed by atoms with van der Waals surface area (Å²) >= 11 is 0. The van der Waals surface area contributed by atoms with Crippen molar-refractivity contribution in [3.8, 4) is 0 Å². The van der Waals surface area contributed by atoms with E-state index in [4.69, 9.17) is 5.73 Å². The molecule has 0 saturated carbocycles. The predicted molar refractivity (Wildman–Crippen MR) is 67.3 cm³/mol. The second kappa shape index (κ2) is 5.21. The van der Waals surface area contributed by atoms with E-state index in [9.17, 15) is 12.3 Å². The van der Waals surface area contributed by atoms with Crippen molar-refractivity contribution in [2.45, 2.75) is 11.4 Å². The Hall–Kier alpha value is -1.18. The molecule has 1 heterocycles. The maximum absolute atomic E-state index is 13.0. The molecule has 1 fully saturated rings. The molecule has 100 valence electrons. The molecule has 7 heteroatoms. The molecule has 0 spiro atoms. The van der Waals surface area contributed by atoms with Crippen molar-refractivity contribution in [3.63, 3.8) is 0 Å². The van der Waals surface area contributed by atoms with E-state index in [2.05, 4.69) is 10.2 Å². The molecule has 1 aromatic rings. The van der Waals surface area contributed by atoms with Gasteiger partial charge in [-0.05, 0) is 23.8 Å². The fourth-order valence-electron chi connectivity index (χ4n) is 2.05. The van der Waals surface area contributed by atoms with E-state index in [-0.39, 0.29) is 10.6 Å². The summed E-state index contributed by atoms with van der Waals surface area (Å²) in [7, 11) is -4.70. The molecule has 0 aromatic heterocycles. The maximum atomic E-state index is 13.0. The Morgan fingerprint density at radius 3 is 2.56 bits per heavy atom. The van der Waals surface area contributed by atoms with E-state index in [1.54, 1.807) is 6.07 Å². The van der Waals surface area contributed by atoms with Gasteiger partial charge in [0.25, 0.3) is 0 Å². The molecular formula is C11H16FN3O2S. The fraction of sp³-hybridized carbons (Fsp3) is 0.455. The van der Waals surface area contributed by atoms with Gasteiger partial charge in [-0.25, -0.2) is 0 Å². The van der Waals surface area contributed by atoms with Gasteiger partial charge in [-0.2, -0.15) is 8.42 Å². The average molecular weight is 273 g/mol. The lowest BCUT2D eigenvalue weighted by molar-refractivity contribution is 0.233. The molecule has 1 aliphatic rings. The summed E-state index contributed by atoms with van der Waals surface area (Å²) in [4.78, 5) is 1.80. The third-order valence-electron chi connectivity index (χ3n) is 2.89. The Morgan fingerprint density at radius 2 is 1.94 bits per heavy atom. The summed E-state index contributed by atoms with van der Waals surface area (Å²) < 4.78 is 34.7. The highest BCUT2D eigenvalue weighted by Gasteiger charge is 2.15. The molecule has 1 aliphatic heterocycles. The van der Waals surface area contributed by atoms with Crippen LogP contribution < -0.4 is 11.1 Å². The van der Waals surface area contributed by atoms with Crippen LogP contribution in [0.4, 0.5) is 9.57 Å². The van der Waals surface area contributed by atoms with Crippen molar-refractivity contribution in [1.82, 2.24) is 10.2 Å². The van der Waals surface area contributed by atoms with Crippen LogP contribution in [0.15, 0.2) is 23.1 Å². The van der Waals surface area contributed by atoms with Gasteiger partial charge < -0.3 is 11.1 Å². The first-order chi connectivity index (χ1) is 8.45. The first kappa shape index (κ1) is 13.3. The van der Waals surface area contributed by atoms with Gasteiger partial charge in [0.1, 0.15) is 4.90 Å². The highest BCUT2D eigenvalue weighted by Crippen LogP contribution is 2.20. The van der Waals surface area contributed by atoms with Crippen LogP contribution in [0.3, 0.4) is 0 Å². The molecule has 1 saturated heterocycles. The van der Waals surface area contributed by atoms with Crippen molar-refractivity contribution in [3.05, 3.63) is 23.8 Å². The van der Waals surface area contributed by atoms with Crippen LogP contribution in [-0.4, -0.2) is 39.5 Å². The van der Waals surface area contributed by atoms with Crippen molar-refractivity contribution in [2.24, 2.45) is 0 Å². The lowest BCUT2D eigenvalue weighted by atomic mass is 10.2. The van der Waals surface area contributed by atoms with Crippen molar-refractivity contribution in [2.75, 3.05) is 31.9 Å². The SMILES string of the molecule is Nc1cc(CN2CCNCC2)cc(S(=O)(=O)F)c1. The van der Waals surface area contributed by atoms with Gasteiger partial charge in [-0.1, -0.05) is 0 Å². The van der Waals surface area contributed by atoms with E-state index >= 15 is 0 Å². The summed E-state index contributed by atoms with van der Waals surface area (Å²) in [5, 5.41) is 3.23. The Bertz CT molecular complexity index is 527. The number of nitrogen functional groups attached to an aromatic ring is 1. The number of hydrogen-bond acceptors (Lipinski definition) is 5. The summed E-state index contributed by atoms with van der Waals surface area (Å²) in [6.45, 7) is 4.14. The van der Waals surface area contributed by atoms with Gasteiger partial charge in [0.15, 0.2) is 0 Å². The predicted octanol–water partition coefficient (Wildman–Crippen LogP) is 0.332. The monoisotopic (exact) mass is 273 g/mol. The summed E-state index contributed by atoms with van der Waals surface area (Å²) in [6, 6.07) is 4.15. The highest BCUT2D eigenvalue weighted by molar-refractivity contribution is 7.86. The van der Waals surface area contributed by atoms with E-state index in [0.717, 1.165) is 32.2 Å². The number of hydrogen-bond donors (Lipinski definition) is 2. The van der Waals surface area contributed by atoms with Crippen molar-refractivity contribution >= 4 is 15.9 Å². The van der Waals surface area contributed by atoms with Gasteiger partial charge in [-0.3, -0.25) is 4.90 Å². The molecule has 0 aliphatic carbocycles. The topological polar surface area (TPSA) is 75.4 Å². The van der Waals surface area contributed by atoms with Crippen LogP contribution in [-0.2, 0) is 16.8 Å². The molecule has 0 atom stereocenters. The van der Waals surface area contributed by atoms with Gasteiger partial charge >= 0.3 is 10.2 Å². The number of piperazine rings is 1. The van der Waals surface area contributed by atoms with E-state index < -0.39 is 10.2 Å². The smallest absolute Gasteiger partial charge is 0.332 e. The third-order valence-corrected chi connectivity index (χ3v) is 3.68. The standard InChI is InChI=1S/C11H16FN3O2S/c12-18(16,17)11-6-9(5-10(13)7-11)8-15-3-1-14-2-4-15/h5-7,14H,1-4,8,13H2. The first-order valence-electron chi connectivity index (χ1n) is 5.72. The second-order valence-electron chi connectivity index (χ2n) is 4.37. The fourth-order valence-corrected chi connectivity index (χ4v) is 2.61. The van der Waals surface area contributed by atoms with Crippen LogP contribution in [0.2, 0.25) is 0 Å². The highest BCUT2D eigenvalue weighted by atomic mass is 32.3. The Labute approximate surface area is 106 Å². The van der Waals surface area contributed by atoms with Crippen LogP contribution in [0, 0.1) is 0 Å². The van der Waals surface area contributed by atoms with E-state index in [1.807, 2.05) is 0 Å². The molecule has 18 heavy (non-hydrogen) atoms. The normalized spacial score (nSPS) is 17.8. The van der Waals surface area contributed by atoms with Gasteiger partial charge in [0.2, 0.25) is 0 Å². The quantitative estimate of drug-likeness (QED) is 0.613.